The lowest BCUT2D eigenvalue weighted by molar-refractivity contribution is -0.00852. The van der Waals surface area contributed by atoms with Crippen LogP contribution in [-0.4, -0.2) is 40.2 Å². The fourth-order valence-corrected chi connectivity index (χ4v) is 0.635. The zero-order chi connectivity index (χ0) is 8.15. The minimum atomic E-state index is -1.02. The minimum Gasteiger partial charge on any atom is -0.395 e. The summed E-state index contributed by atoms with van der Waals surface area (Å²) < 4.78 is 0. The Labute approximate surface area is 60.3 Å². The molecular formula is C6H15NO3. The molecule has 3 atom stereocenters. The van der Waals surface area contributed by atoms with Gasteiger partial charge in [0, 0.05) is 0 Å². The fraction of sp³-hybridized carbons (Fsp3) is 1.00. The van der Waals surface area contributed by atoms with Crippen LogP contribution in [0.2, 0.25) is 0 Å². The third-order valence-electron chi connectivity index (χ3n) is 1.46. The predicted octanol–water partition coefficient (Wildman–Crippen LogP) is -1.56. The summed E-state index contributed by atoms with van der Waals surface area (Å²) in [5.41, 5.74) is 5.23. The summed E-state index contributed by atoms with van der Waals surface area (Å²) >= 11 is 0. The van der Waals surface area contributed by atoms with Gasteiger partial charge in [0.05, 0.1) is 24.9 Å². The average Bonchev–Trinajstić information content (AvgIpc) is 2.00. The van der Waals surface area contributed by atoms with Gasteiger partial charge in [0.1, 0.15) is 0 Å². The molecule has 0 aromatic carbocycles. The van der Waals surface area contributed by atoms with E-state index in [1.165, 1.54) is 0 Å². The van der Waals surface area contributed by atoms with Crippen LogP contribution in [0.5, 0.6) is 0 Å². The SMILES string of the molecule is CC[C@@H](O)[C@@H](O)[C@H](N)CO. The Morgan fingerprint density at radius 1 is 1.40 bits per heavy atom. The van der Waals surface area contributed by atoms with Gasteiger partial charge in [0.15, 0.2) is 0 Å². The van der Waals surface area contributed by atoms with Crippen molar-refractivity contribution in [2.24, 2.45) is 5.73 Å². The fourth-order valence-electron chi connectivity index (χ4n) is 0.635. The lowest BCUT2D eigenvalue weighted by Crippen LogP contribution is -2.45. The monoisotopic (exact) mass is 149 g/mol. The number of hydrogen-bond acceptors (Lipinski definition) is 4. The molecule has 4 nitrogen and oxygen atoms in total. The second kappa shape index (κ2) is 4.62. The maximum atomic E-state index is 9.05. The van der Waals surface area contributed by atoms with Gasteiger partial charge in [0.25, 0.3) is 0 Å². The summed E-state index contributed by atoms with van der Waals surface area (Å²) in [6.07, 6.45) is -1.41. The van der Waals surface area contributed by atoms with Crippen molar-refractivity contribution in [3.05, 3.63) is 0 Å². The largest absolute Gasteiger partial charge is 0.395 e. The van der Waals surface area contributed by atoms with E-state index in [0.717, 1.165) is 0 Å². The first-order chi connectivity index (χ1) is 4.63. The third kappa shape index (κ3) is 2.62. The van der Waals surface area contributed by atoms with E-state index in [0.29, 0.717) is 6.42 Å². The van der Waals surface area contributed by atoms with E-state index in [1.807, 2.05) is 0 Å². The molecule has 0 saturated carbocycles. The second-order valence-corrected chi connectivity index (χ2v) is 2.31. The van der Waals surface area contributed by atoms with Crippen molar-refractivity contribution in [1.29, 1.82) is 0 Å². The van der Waals surface area contributed by atoms with Gasteiger partial charge in [0.2, 0.25) is 0 Å². The molecule has 0 fully saturated rings. The molecule has 0 radical (unpaired) electrons. The van der Waals surface area contributed by atoms with E-state index in [4.69, 9.17) is 21.1 Å². The van der Waals surface area contributed by atoms with Gasteiger partial charge in [-0.2, -0.15) is 0 Å². The first-order valence-corrected chi connectivity index (χ1v) is 3.36. The van der Waals surface area contributed by atoms with Crippen molar-refractivity contribution in [3.8, 4) is 0 Å². The Balaban J connectivity index is 3.69. The number of aliphatic hydroxyl groups excluding tert-OH is 3. The predicted molar refractivity (Wildman–Crippen MR) is 37.4 cm³/mol. The average molecular weight is 149 g/mol. The highest BCUT2D eigenvalue weighted by Crippen LogP contribution is 2.00. The highest BCUT2D eigenvalue weighted by molar-refractivity contribution is 4.76. The molecular weight excluding hydrogens is 134 g/mol. The van der Waals surface area contributed by atoms with E-state index in [9.17, 15) is 0 Å². The Morgan fingerprint density at radius 2 is 1.90 bits per heavy atom. The van der Waals surface area contributed by atoms with Crippen LogP contribution >= 0.6 is 0 Å². The van der Waals surface area contributed by atoms with Crippen molar-refractivity contribution in [1.82, 2.24) is 0 Å². The van der Waals surface area contributed by atoms with Crippen molar-refractivity contribution < 1.29 is 15.3 Å². The van der Waals surface area contributed by atoms with Crippen LogP contribution in [0, 0.1) is 0 Å². The van der Waals surface area contributed by atoms with E-state index in [1.54, 1.807) is 6.92 Å². The van der Waals surface area contributed by atoms with Crippen LogP contribution in [0.4, 0.5) is 0 Å². The molecule has 0 heterocycles. The highest BCUT2D eigenvalue weighted by Gasteiger charge is 2.20. The number of aliphatic hydroxyl groups is 3. The molecule has 0 bridgehead atoms. The number of hydrogen-bond donors (Lipinski definition) is 4. The Kier molecular flexibility index (Phi) is 4.55. The van der Waals surface area contributed by atoms with Crippen molar-refractivity contribution in [3.63, 3.8) is 0 Å². The molecule has 0 aliphatic carbocycles. The molecule has 0 rings (SSSR count). The molecule has 0 aromatic rings. The highest BCUT2D eigenvalue weighted by atomic mass is 16.3. The maximum absolute atomic E-state index is 9.05. The van der Waals surface area contributed by atoms with Crippen LogP contribution in [0.1, 0.15) is 13.3 Å². The smallest absolute Gasteiger partial charge is 0.0971 e. The topological polar surface area (TPSA) is 86.7 Å². The lowest BCUT2D eigenvalue weighted by atomic mass is 10.1. The van der Waals surface area contributed by atoms with Crippen LogP contribution in [-0.2, 0) is 0 Å². The quantitative estimate of drug-likeness (QED) is 0.389. The summed E-state index contributed by atoms with van der Waals surface area (Å²) in [7, 11) is 0. The van der Waals surface area contributed by atoms with Crippen LogP contribution in [0.3, 0.4) is 0 Å². The summed E-state index contributed by atoms with van der Waals surface area (Å²) in [4.78, 5) is 0. The molecule has 0 aliphatic rings. The number of rotatable bonds is 4. The molecule has 0 saturated heterocycles. The van der Waals surface area contributed by atoms with Crippen molar-refractivity contribution in [2.45, 2.75) is 31.6 Å². The van der Waals surface area contributed by atoms with E-state index in [2.05, 4.69) is 0 Å². The summed E-state index contributed by atoms with van der Waals surface area (Å²) in [6, 6.07) is -0.741. The standard InChI is InChI=1S/C6H15NO3/c1-2-5(9)6(10)4(7)3-8/h4-6,8-10H,2-3,7H2,1H3/t4-,5-,6+/m1/s1. The first-order valence-electron chi connectivity index (χ1n) is 3.36. The maximum Gasteiger partial charge on any atom is 0.0971 e. The van der Waals surface area contributed by atoms with E-state index < -0.39 is 18.2 Å². The molecule has 5 N–H and O–H groups in total. The van der Waals surface area contributed by atoms with Gasteiger partial charge in [-0.3, -0.25) is 0 Å². The van der Waals surface area contributed by atoms with Crippen LogP contribution < -0.4 is 5.73 Å². The normalized spacial score (nSPS) is 20.1. The van der Waals surface area contributed by atoms with Crippen molar-refractivity contribution >= 4 is 0 Å². The van der Waals surface area contributed by atoms with Gasteiger partial charge < -0.3 is 21.1 Å². The summed E-state index contributed by atoms with van der Waals surface area (Å²) in [5.74, 6) is 0. The molecule has 0 spiro atoms. The Morgan fingerprint density at radius 3 is 2.20 bits per heavy atom. The van der Waals surface area contributed by atoms with Gasteiger partial charge in [-0.25, -0.2) is 0 Å². The third-order valence-corrected chi connectivity index (χ3v) is 1.46. The van der Waals surface area contributed by atoms with Gasteiger partial charge in [-0.1, -0.05) is 6.92 Å². The molecule has 0 unspecified atom stereocenters. The second-order valence-electron chi connectivity index (χ2n) is 2.31. The molecule has 0 aliphatic heterocycles. The van der Waals surface area contributed by atoms with Gasteiger partial charge >= 0.3 is 0 Å². The summed E-state index contributed by atoms with van der Waals surface area (Å²) in [5, 5.41) is 26.5. The molecule has 0 aromatic heterocycles. The zero-order valence-electron chi connectivity index (χ0n) is 6.07. The Hall–Kier alpha value is -0.160. The first kappa shape index (κ1) is 9.84. The van der Waals surface area contributed by atoms with E-state index >= 15 is 0 Å². The van der Waals surface area contributed by atoms with E-state index in [-0.39, 0.29) is 6.61 Å². The summed E-state index contributed by atoms with van der Waals surface area (Å²) in [6.45, 7) is 1.43. The zero-order valence-corrected chi connectivity index (χ0v) is 6.07. The molecule has 4 heteroatoms. The van der Waals surface area contributed by atoms with Crippen LogP contribution in [0.15, 0.2) is 0 Å². The molecule has 62 valence electrons. The lowest BCUT2D eigenvalue weighted by Gasteiger charge is -2.20. The molecule has 10 heavy (non-hydrogen) atoms. The van der Waals surface area contributed by atoms with Crippen molar-refractivity contribution in [2.75, 3.05) is 6.61 Å². The Bertz CT molecular complexity index is 79.1. The van der Waals surface area contributed by atoms with Gasteiger partial charge in [-0.15, -0.1) is 0 Å². The minimum absolute atomic E-state index is 0.307. The van der Waals surface area contributed by atoms with Gasteiger partial charge in [-0.05, 0) is 6.42 Å². The molecule has 0 amide bonds. The number of nitrogens with two attached hydrogens (primary N) is 1. The van der Waals surface area contributed by atoms with Crippen LogP contribution in [0.25, 0.3) is 0 Å².